The van der Waals surface area contributed by atoms with Crippen LogP contribution in [0.15, 0.2) is 12.1 Å². The second-order valence-corrected chi connectivity index (χ2v) is 5.22. The van der Waals surface area contributed by atoms with Crippen molar-refractivity contribution in [2.24, 2.45) is 0 Å². The molecule has 106 valence electrons. The van der Waals surface area contributed by atoms with E-state index < -0.39 is 0 Å². The van der Waals surface area contributed by atoms with Crippen molar-refractivity contribution in [3.05, 3.63) is 27.7 Å². The van der Waals surface area contributed by atoms with E-state index in [1.54, 1.807) is 12.1 Å². The van der Waals surface area contributed by atoms with Gasteiger partial charge >= 0.3 is 0 Å². The Hall–Kier alpha value is -0.970. The van der Waals surface area contributed by atoms with Gasteiger partial charge in [0.05, 0.1) is 18.6 Å². The average molecular weight is 305 g/mol. The molecule has 0 unspecified atom stereocenters. The fourth-order valence-corrected chi connectivity index (χ4v) is 2.00. The first-order valence-corrected chi connectivity index (χ1v) is 6.63. The number of ether oxygens (including phenoxy) is 1. The van der Waals surface area contributed by atoms with E-state index in [0.717, 1.165) is 6.54 Å². The van der Waals surface area contributed by atoms with Gasteiger partial charge in [0.25, 0.3) is 0 Å². The molecule has 0 bridgehead atoms. The molecule has 1 N–H and O–H groups in total. The van der Waals surface area contributed by atoms with Crippen LogP contribution in [0.4, 0.5) is 0 Å². The zero-order chi connectivity index (χ0) is 14.4. The van der Waals surface area contributed by atoms with E-state index in [9.17, 15) is 4.79 Å². The van der Waals surface area contributed by atoms with Crippen LogP contribution in [-0.4, -0.2) is 45.1 Å². The average Bonchev–Trinajstić information content (AvgIpc) is 2.32. The van der Waals surface area contributed by atoms with E-state index in [-0.39, 0.29) is 12.3 Å². The van der Waals surface area contributed by atoms with Crippen molar-refractivity contribution < 1.29 is 9.53 Å². The van der Waals surface area contributed by atoms with Crippen molar-refractivity contribution in [3.63, 3.8) is 0 Å². The maximum Gasteiger partial charge on any atom is 0.224 e. The van der Waals surface area contributed by atoms with Gasteiger partial charge in [-0.05, 0) is 25.7 Å². The van der Waals surface area contributed by atoms with Crippen LogP contribution in [0.2, 0.25) is 10.0 Å². The van der Waals surface area contributed by atoms with Crippen LogP contribution in [0.5, 0.6) is 5.75 Å². The van der Waals surface area contributed by atoms with Crippen molar-refractivity contribution in [3.8, 4) is 5.75 Å². The van der Waals surface area contributed by atoms with Gasteiger partial charge in [-0.2, -0.15) is 0 Å². The number of likely N-dealkylation sites (N-methyl/N-ethyl adjacent to an activating group) is 1. The molecule has 0 aliphatic rings. The third-order valence-corrected chi connectivity index (χ3v) is 3.20. The van der Waals surface area contributed by atoms with Crippen molar-refractivity contribution in [1.29, 1.82) is 0 Å². The third-order valence-electron chi connectivity index (χ3n) is 2.55. The number of carbonyl (C=O) groups excluding carboxylic acids is 1. The first-order valence-electron chi connectivity index (χ1n) is 5.87. The van der Waals surface area contributed by atoms with Gasteiger partial charge in [-0.15, -0.1) is 0 Å². The predicted molar refractivity (Wildman–Crippen MR) is 78.3 cm³/mol. The lowest BCUT2D eigenvalue weighted by molar-refractivity contribution is -0.120. The highest BCUT2D eigenvalue weighted by Gasteiger charge is 2.11. The van der Waals surface area contributed by atoms with Gasteiger partial charge < -0.3 is 15.0 Å². The SMILES string of the molecule is COc1cc(Cl)c(CC(=O)NCCN(C)C)cc1Cl. The molecule has 0 aliphatic carbocycles. The molecule has 0 atom stereocenters. The Balaban J connectivity index is 2.62. The van der Waals surface area contributed by atoms with Crippen LogP contribution < -0.4 is 10.1 Å². The second kappa shape index (κ2) is 7.58. The molecule has 19 heavy (non-hydrogen) atoms. The summed E-state index contributed by atoms with van der Waals surface area (Å²) in [6.45, 7) is 1.40. The second-order valence-electron chi connectivity index (χ2n) is 4.41. The maximum absolute atomic E-state index is 11.7. The number of amides is 1. The van der Waals surface area contributed by atoms with Gasteiger partial charge in [0, 0.05) is 24.2 Å². The number of benzene rings is 1. The molecule has 0 radical (unpaired) electrons. The van der Waals surface area contributed by atoms with E-state index in [0.29, 0.717) is 27.9 Å². The number of rotatable bonds is 6. The minimum atomic E-state index is -0.0787. The van der Waals surface area contributed by atoms with Gasteiger partial charge in [-0.1, -0.05) is 23.2 Å². The minimum absolute atomic E-state index is 0.0787. The Morgan fingerprint density at radius 3 is 2.58 bits per heavy atom. The monoisotopic (exact) mass is 304 g/mol. The van der Waals surface area contributed by atoms with Crippen molar-refractivity contribution in [1.82, 2.24) is 10.2 Å². The summed E-state index contributed by atoms with van der Waals surface area (Å²) >= 11 is 12.1. The van der Waals surface area contributed by atoms with Gasteiger partial charge in [-0.3, -0.25) is 4.79 Å². The Morgan fingerprint density at radius 2 is 2.00 bits per heavy atom. The molecular weight excluding hydrogens is 287 g/mol. The lowest BCUT2D eigenvalue weighted by Gasteiger charge is -2.11. The van der Waals surface area contributed by atoms with Crippen LogP contribution in [-0.2, 0) is 11.2 Å². The third kappa shape index (κ3) is 5.27. The molecule has 1 aromatic rings. The highest BCUT2D eigenvalue weighted by atomic mass is 35.5. The molecule has 6 heteroatoms. The Morgan fingerprint density at radius 1 is 1.32 bits per heavy atom. The summed E-state index contributed by atoms with van der Waals surface area (Å²) in [5.41, 5.74) is 0.690. The van der Waals surface area contributed by atoms with Gasteiger partial charge in [0.2, 0.25) is 5.91 Å². The number of nitrogens with one attached hydrogen (secondary N) is 1. The molecule has 0 spiro atoms. The molecule has 0 aliphatic heterocycles. The minimum Gasteiger partial charge on any atom is -0.495 e. The molecule has 0 saturated carbocycles. The van der Waals surface area contributed by atoms with Gasteiger partial charge in [-0.25, -0.2) is 0 Å². The number of nitrogens with zero attached hydrogens (tertiary/aromatic N) is 1. The Labute approximate surface area is 123 Å². The van der Waals surface area contributed by atoms with E-state index in [1.807, 2.05) is 19.0 Å². The topological polar surface area (TPSA) is 41.6 Å². The zero-order valence-electron chi connectivity index (χ0n) is 11.3. The van der Waals surface area contributed by atoms with Crippen molar-refractivity contribution in [2.75, 3.05) is 34.3 Å². The Bertz CT molecular complexity index is 451. The van der Waals surface area contributed by atoms with Crippen molar-refractivity contribution in [2.45, 2.75) is 6.42 Å². The summed E-state index contributed by atoms with van der Waals surface area (Å²) in [7, 11) is 5.42. The predicted octanol–water partition coefficient (Wildman–Crippen LogP) is 2.22. The Kier molecular flexibility index (Phi) is 6.42. The molecule has 0 fully saturated rings. The lowest BCUT2D eigenvalue weighted by atomic mass is 10.1. The van der Waals surface area contributed by atoms with Crippen LogP contribution in [0.3, 0.4) is 0 Å². The van der Waals surface area contributed by atoms with Crippen LogP contribution in [0.25, 0.3) is 0 Å². The fourth-order valence-electron chi connectivity index (χ4n) is 1.52. The summed E-state index contributed by atoms with van der Waals surface area (Å²) in [6.07, 6.45) is 0.204. The first kappa shape index (κ1) is 16.1. The highest BCUT2D eigenvalue weighted by molar-refractivity contribution is 6.34. The molecular formula is C13H18Cl2N2O2. The number of carbonyl (C=O) groups is 1. The fraction of sp³-hybridized carbons (Fsp3) is 0.462. The smallest absolute Gasteiger partial charge is 0.224 e. The summed E-state index contributed by atoms with van der Waals surface area (Å²) < 4.78 is 5.05. The first-order chi connectivity index (χ1) is 8.93. The van der Waals surface area contributed by atoms with E-state index in [1.165, 1.54) is 7.11 Å². The molecule has 0 aromatic heterocycles. The summed E-state index contributed by atoms with van der Waals surface area (Å²) in [4.78, 5) is 13.7. The van der Waals surface area contributed by atoms with E-state index in [2.05, 4.69) is 5.32 Å². The van der Waals surface area contributed by atoms with Crippen LogP contribution in [0.1, 0.15) is 5.56 Å². The maximum atomic E-state index is 11.7. The largest absolute Gasteiger partial charge is 0.495 e. The normalized spacial score (nSPS) is 10.6. The molecule has 0 heterocycles. The summed E-state index contributed by atoms with van der Waals surface area (Å²) in [5, 5.41) is 3.75. The number of hydrogen-bond acceptors (Lipinski definition) is 3. The number of halogens is 2. The lowest BCUT2D eigenvalue weighted by Crippen LogP contribution is -2.32. The highest BCUT2D eigenvalue weighted by Crippen LogP contribution is 2.31. The molecule has 1 rings (SSSR count). The standard InChI is InChI=1S/C13H18Cl2N2O2/c1-17(2)5-4-16-13(18)7-9-6-11(15)12(19-3)8-10(9)14/h6,8H,4-5,7H2,1-3H3,(H,16,18). The zero-order valence-corrected chi connectivity index (χ0v) is 12.8. The number of methoxy groups -OCH3 is 1. The molecule has 0 saturated heterocycles. The van der Waals surface area contributed by atoms with E-state index in [4.69, 9.17) is 27.9 Å². The quantitative estimate of drug-likeness (QED) is 0.876. The molecule has 4 nitrogen and oxygen atoms in total. The van der Waals surface area contributed by atoms with Crippen molar-refractivity contribution >= 4 is 29.1 Å². The van der Waals surface area contributed by atoms with Crippen LogP contribution >= 0.6 is 23.2 Å². The van der Waals surface area contributed by atoms with Crippen LogP contribution in [0, 0.1) is 0 Å². The van der Waals surface area contributed by atoms with E-state index >= 15 is 0 Å². The summed E-state index contributed by atoms with van der Waals surface area (Å²) in [5.74, 6) is 0.424. The van der Waals surface area contributed by atoms with Gasteiger partial charge in [0.15, 0.2) is 0 Å². The molecule has 1 amide bonds. The molecule has 1 aromatic carbocycles. The van der Waals surface area contributed by atoms with Gasteiger partial charge in [0.1, 0.15) is 5.75 Å². The number of hydrogen-bond donors (Lipinski definition) is 1. The summed E-state index contributed by atoms with van der Waals surface area (Å²) in [6, 6.07) is 3.28.